The van der Waals surface area contributed by atoms with Gasteiger partial charge in [0.25, 0.3) is 0 Å². The monoisotopic (exact) mass is 513 g/mol. The summed E-state index contributed by atoms with van der Waals surface area (Å²) in [5.74, 6) is -0.595. The normalized spacial score (nSPS) is 51.1. The van der Waals surface area contributed by atoms with E-state index in [0.29, 0.717) is 0 Å². The molecule has 15 atom stereocenters. The molecule has 3 rings (SSSR count). The summed E-state index contributed by atoms with van der Waals surface area (Å²) >= 11 is 0. The summed E-state index contributed by atoms with van der Waals surface area (Å²) in [5.41, 5.74) is 0. The summed E-state index contributed by atoms with van der Waals surface area (Å²) in [5, 5.41) is 84.2. The van der Waals surface area contributed by atoms with Crippen molar-refractivity contribution in [3.05, 3.63) is 0 Å². The summed E-state index contributed by atoms with van der Waals surface area (Å²) < 4.78 is 27.6. The van der Waals surface area contributed by atoms with Crippen molar-refractivity contribution in [2.24, 2.45) is 0 Å². The minimum absolute atomic E-state index is 0.595. The first kappa shape index (κ1) is 28.5. The molecule has 0 saturated carbocycles. The molecule has 204 valence electrons. The molecule has 0 spiro atoms. The molecule has 0 aromatic carbocycles. The molecule has 3 aliphatic heterocycles. The summed E-state index contributed by atoms with van der Waals surface area (Å²) in [6, 6.07) is -1.33. The second-order valence-corrected chi connectivity index (χ2v) is 9.04. The fourth-order valence-corrected chi connectivity index (χ4v) is 4.33. The van der Waals surface area contributed by atoms with Gasteiger partial charge >= 0.3 is 0 Å². The van der Waals surface area contributed by atoms with E-state index in [1.807, 2.05) is 0 Å². The Labute approximate surface area is 200 Å². The van der Waals surface area contributed by atoms with Gasteiger partial charge in [0.1, 0.15) is 61.0 Å². The first-order chi connectivity index (χ1) is 16.4. The number of hydrogen-bond donors (Lipinski definition) is 9. The Balaban J connectivity index is 1.86. The van der Waals surface area contributed by atoms with Gasteiger partial charge in [-0.15, -0.1) is 0 Å². The van der Waals surface area contributed by atoms with Crippen LogP contribution in [0.4, 0.5) is 0 Å². The van der Waals surface area contributed by atoms with Crippen LogP contribution < -0.4 is 5.32 Å². The van der Waals surface area contributed by atoms with Crippen LogP contribution in [0.2, 0.25) is 0 Å². The average molecular weight is 513 g/mol. The lowest BCUT2D eigenvalue weighted by molar-refractivity contribution is -0.377. The van der Waals surface area contributed by atoms with Gasteiger partial charge in [0.05, 0.1) is 18.8 Å². The highest BCUT2D eigenvalue weighted by atomic mass is 16.8. The van der Waals surface area contributed by atoms with Gasteiger partial charge in [-0.2, -0.15) is 0 Å². The van der Waals surface area contributed by atoms with Crippen LogP contribution in [-0.4, -0.2) is 145 Å². The third-order valence-electron chi connectivity index (χ3n) is 6.42. The van der Waals surface area contributed by atoms with Crippen LogP contribution in [-0.2, 0) is 28.5 Å². The predicted octanol–water partition coefficient (Wildman–Crippen LogP) is -5.37. The van der Waals surface area contributed by atoms with Crippen LogP contribution in [0.25, 0.3) is 0 Å². The van der Waals surface area contributed by atoms with Crippen molar-refractivity contribution in [2.45, 2.75) is 113 Å². The summed E-state index contributed by atoms with van der Waals surface area (Å²) in [7, 11) is 0. The highest BCUT2D eigenvalue weighted by Crippen LogP contribution is 2.32. The predicted molar refractivity (Wildman–Crippen MR) is 110 cm³/mol. The lowest BCUT2D eigenvalue weighted by Gasteiger charge is -2.48. The number of ether oxygens (including phenoxy) is 5. The molecule has 3 aliphatic rings. The molecule has 15 nitrogen and oxygen atoms in total. The number of rotatable bonds is 6. The number of carbonyl (C=O) groups is 1. The molecular formula is C20H35NO14. The van der Waals surface area contributed by atoms with Crippen LogP contribution in [0.3, 0.4) is 0 Å². The third-order valence-corrected chi connectivity index (χ3v) is 6.42. The SMILES string of the molecule is CC(=O)NC1C(O)OC(CO)C(O)C1OC1OC(C)C(O)C(O)C1OC1OC(C)C(O)C(O)C1O. The second kappa shape index (κ2) is 11.6. The Morgan fingerprint density at radius 1 is 0.743 bits per heavy atom. The van der Waals surface area contributed by atoms with Crippen LogP contribution in [0.1, 0.15) is 20.8 Å². The maximum Gasteiger partial charge on any atom is 0.217 e. The van der Waals surface area contributed by atoms with Crippen LogP contribution in [0.15, 0.2) is 0 Å². The molecule has 0 aromatic rings. The van der Waals surface area contributed by atoms with E-state index in [9.17, 15) is 45.6 Å². The van der Waals surface area contributed by atoms with Gasteiger partial charge in [-0.3, -0.25) is 4.79 Å². The van der Waals surface area contributed by atoms with Crippen LogP contribution in [0, 0.1) is 0 Å². The van der Waals surface area contributed by atoms with E-state index in [1.165, 1.54) is 13.8 Å². The molecule has 3 saturated heterocycles. The lowest BCUT2D eigenvalue weighted by Crippen LogP contribution is -2.68. The third kappa shape index (κ3) is 5.93. The summed E-state index contributed by atoms with van der Waals surface area (Å²) in [6.07, 6.45) is -20.7. The molecule has 0 radical (unpaired) electrons. The van der Waals surface area contributed by atoms with Gasteiger partial charge in [0.2, 0.25) is 5.91 Å². The topological polar surface area (TPSA) is 237 Å². The van der Waals surface area contributed by atoms with E-state index in [1.54, 1.807) is 0 Å². The van der Waals surface area contributed by atoms with E-state index in [0.717, 1.165) is 6.92 Å². The number of nitrogens with one attached hydrogen (secondary N) is 1. The van der Waals surface area contributed by atoms with E-state index >= 15 is 0 Å². The Morgan fingerprint density at radius 3 is 1.86 bits per heavy atom. The number of aliphatic hydroxyl groups excluding tert-OH is 8. The zero-order valence-electron chi connectivity index (χ0n) is 19.4. The highest BCUT2D eigenvalue weighted by Gasteiger charge is 2.53. The maximum absolute atomic E-state index is 11.7. The molecule has 15 unspecified atom stereocenters. The van der Waals surface area contributed by atoms with Crippen molar-refractivity contribution in [2.75, 3.05) is 6.61 Å². The Bertz CT molecular complexity index is 715. The maximum atomic E-state index is 11.7. The van der Waals surface area contributed by atoms with Crippen LogP contribution in [0.5, 0.6) is 0 Å². The minimum Gasteiger partial charge on any atom is -0.394 e. The van der Waals surface area contributed by atoms with E-state index in [-0.39, 0.29) is 0 Å². The van der Waals surface area contributed by atoms with Gasteiger partial charge in [-0.25, -0.2) is 0 Å². The molecule has 3 heterocycles. The zero-order valence-corrected chi connectivity index (χ0v) is 19.4. The number of hydrogen-bond acceptors (Lipinski definition) is 14. The highest BCUT2D eigenvalue weighted by molar-refractivity contribution is 5.73. The molecule has 35 heavy (non-hydrogen) atoms. The fraction of sp³-hybridized carbons (Fsp3) is 0.950. The van der Waals surface area contributed by atoms with Gasteiger partial charge in [-0.1, -0.05) is 0 Å². The second-order valence-electron chi connectivity index (χ2n) is 9.04. The van der Waals surface area contributed by atoms with Crippen molar-refractivity contribution in [1.29, 1.82) is 0 Å². The smallest absolute Gasteiger partial charge is 0.217 e. The molecule has 0 aliphatic carbocycles. The molecule has 15 heteroatoms. The Kier molecular flexibility index (Phi) is 9.42. The number of aliphatic hydroxyl groups is 8. The van der Waals surface area contributed by atoms with Gasteiger partial charge < -0.3 is 69.9 Å². The molecule has 9 N–H and O–H groups in total. The largest absolute Gasteiger partial charge is 0.394 e. The average Bonchev–Trinajstić information content (AvgIpc) is 2.80. The van der Waals surface area contributed by atoms with E-state index in [2.05, 4.69) is 5.32 Å². The molecule has 1 amide bonds. The molecule has 3 fully saturated rings. The van der Waals surface area contributed by atoms with Crippen molar-refractivity contribution >= 4 is 5.91 Å². The van der Waals surface area contributed by atoms with Gasteiger partial charge in [0.15, 0.2) is 18.9 Å². The minimum atomic E-state index is -1.74. The van der Waals surface area contributed by atoms with Gasteiger partial charge in [0, 0.05) is 6.92 Å². The summed E-state index contributed by atoms with van der Waals surface area (Å²) in [4.78, 5) is 11.7. The summed E-state index contributed by atoms with van der Waals surface area (Å²) in [6.45, 7) is 3.30. The Hall–Kier alpha value is -1.05. The first-order valence-corrected chi connectivity index (χ1v) is 11.3. The van der Waals surface area contributed by atoms with Crippen molar-refractivity contribution in [3.8, 4) is 0 Å². The quantitative estimate of drug-likeness (QED) is 0.161. The molecule has 0 aromatic heterocycles. The Morgan fingerprint density at radius 2 is 1.29 bits per heavy atom. The first-order valence-electron chi connectivity index (χ1n) is 11.3. The van der Waals surface area contributed by atoms with E-state index < -0.39 is 105 Å². The number of amides is 1. The van der Waals surface area contributed by atoms with Crippen molar-refractivity contribution < 1.29 is 69.3 Å². The van der Waals surface area contributed by atoms with Crippen LogP contribution >= 0.6 is 0 Å². The van der Waals surface area contributed by atoms with Crippen molar-refractivity contribution in [1.82, 2.24) is 5.32 Å². The number of carbonyl (C=O) groups excluding carboxylic acids is 1. The molecule has 0 bridgehead atoms. The fourth-order valence-electron chi connectivity index (χ4n) is 4.33. The van der Waals surface area contributed by atoms with Crippen molar-refractivity contribution in [3.63, 3.8) is 0 Å². The molecular weight excluding hydrogens is 478 g/mol. The van der Waals surface area contributed by atoms with Gasteiger partial charge in [-0.05, 0) is 13.8 Å². The zero-order chi connectivity index (χ0) is 26.2. The van der Waals surface area contributed by atoms with E-state index in [4.69, 9.17) is 23.7 Å². The standard InChI is InChI=1S/C20H35NO14/c1-5-10(24)13(27)15(29)19(31-5)35-17-14(28)11(25)6(2)32-20(17)34-16-9(21-7(3)23)18(30)33-8(4-22)12(16)26/h5-6,8-20,22,24-30H,4H2,1-3H3,(H,21,23). The lowest BCUT2D eigenvalue weighted by atomic mass is 9.95.